The second-order valence-electron chi connectivity index (χ2n) is 8.29. The van der Waals surface area contributed by atoms with Crippen LogP contribution >= 0.6 is 0 Å². The van der Waals surface area contributed by atoms with Gasteiger partial charge in [-0.05, 0) is 36.5 Å². The van der Waals surface area contributed by atoms with E-state index in [4.69, 9.17) is 34.0 Å². The maximum Gasteiger partial charge on any atom is 0.414 e. The van der Waals surface area contributed by atoms with E-state index in [2.05, 4.69) is 28.9 Å². The minimum atomic E-state index is -1.82. The number of carboxylic acids is 2. The number of piperazine rings is 1. The van der Waals surface area contributed by atoms with Crippen LogP contribution in [-0.4, -0.2) is 85.5 Å². The summed E-state index contributed by atoms with van der Waals surface area (Å²) in [6, 6.07) is 4.93. The highest BCUT2D eigenvalue weighted by Gasteiger charge is 2.29. The van der Waals surface area contributed by atoms with E-state index in [1.165, 1.54) is 44.3 Å². The summed E-state index contributed by atoms with van der Waals surface area (Å²) in [5.74, 6) is -0.668. The molecular formula is C23H36N2O7. The summed E-state index contributed by atoms with van der Waals surface area (Å²) in [5, 5.41) is 14.8. The zero-order chi connectivity index (χ0) is 23.7. The molecule has 1 saturated heterocycles. The smallest absolute Gasteiger partial charge is 0.414 e. The molecule has 9 heteroatoms. The SMILES string of the molecule is COc1cc(CN2CCN(C3CCCCC3C)CC2)cc(OC)c1OC.O=C(O)C(=O)O. The Morgan fingerprint density at radius 3 is 1.88 bits per heavy atom. The average Bonchev–Trinajstić information content (AvgIpc) is 2.79. The van der Waals surface area contributed by atoms with Crippen molar-refractivity contribution >= 4 is 11.9 Å². The molecule has 0 spiro atoms. The third kappa shape index (κ3) is 7.00. The number of benzene rings is 1. The molecular weight excluding hydrogens is 416 g/mol. The zero-order valence-corrected chi connectivity index (χ0v) is 19.5. The van der Waals surface area contributed by atoms with Crippen molar-refractivity contribution in [3.8, 4) is 17.2 Å². The van der Waals surface area contributed by atoms with E-state index in [-0.39, 0.29) is 0 Å². The van der Waals surface area contributed by atoms with Gasteiger partial charge in [-0.15, -0.1) is 0 Å². The molecule has 2 N–H and O–H groups in total. The lowest BCUT2D eigenvalue weighted by Crippen LogP contribution is -2.52. The molecule has 1 aliphatic carbocycles. The Balaban J connectivity index is 0.000000534. The van der Waals surface area contributed by atoms with Crippen molar-refractivity contribution in [2.75, 3.05) is 47.5 Å². The first-order chi connectivity index (χ1) is 15.3. The lowest BCUT2D eigenvalue weighted by Gasteiger charge is -2.43. The first-order valence-corrected chi connectivity index (χ1v) is 11.0. The van der Waals surface area contributed by atoms with Crippen molar-refractivity contribution < 1.29 is 34.0 Å². The number of hydrogen-bond acceptors (Lipinski definition) is 7. The Morgan fingerprint density at radius 1 is 0.906 bits per heavy atom. The molecule has 1 aromatic carbocycles. The van der Waals surface area contributed by atoms with Crippen LogP contribution in [0, 0.1) is 5.92 Å². The monoisotopic (exact) mass is 452 g/mol. The Labute approximate surface area is 189 Å². The lowest BCUT2D eigenvalue weighted by atomic mass is 9.84. The molecule has 0 radical (unpaired) electrons. The number of rotatable bonds is 6. The molecule has 2 fully saturated rings. The second kappa shape index (κ2) is 12.5. The Hall–Kier alpha value is -2.52. The minimum Gasteiger partial charge on any atom is -0.493 e. The fraction of sp³-hybridized carbons (Fsp3) is 0.652. The van der Waals surface area contributed by atoms with Crippen molar-refractivity contribution in [3.63, 3.8) is 0 Å². The number of methoxy groups -OCH3 is 3. The van der Waals surface area contributed by atoms with E-state index in [0.29, 0.717) is 5.75 Å². The van der Waals surface area contributed by atoms with Gasteiger partial charge in [0.25, 0.3) is 0 Å². The highest BCUT2D eigenvalue weighted by Crippen LogP contribution is 2.38. The van der Waals surface area contributed by atoms with Gasteiger partial charge in [-0.1, -0.05) is 19.8 Å². The predicted octanol–water partition coefficient (Wildman–Crippen LogP) is 2.56. The summed E-state index contributed by atoms with van der Waals surface area (Å²) < 4.78 is 16.4. The Kier molecular flexibility index (Phi) is 10.1. The molecule has 3 rings (SSSR count). The molecule has 1 aromatic rings. The van der Waals surface area contributed by atoms with Gasteiger partial charge in [-0.25, -0.2) is 9.59 Å². The summed E-state index contributed by atoms with van der Waals surface area (Å²) in [7, 11) is 4.99. The average molecular weight is 453 g/mol. The van der Waals surface area contributed by atoms with E-state index in [0.717, 1.165) is 43.1 Å². The molecule has 32 heavy (non-hydrogen) atoms. The normalized spacial score (nSPS) is 21.8. The summed E-state index contributed by atoms with van der Waals surface area (Å²) in [6.45, 7) is 7.97. The second-order valence-corrected chi connectivity index (χ2v) is 8.29. The summed E-state index contributed by atoms with van der Waals surface area (Å²) in [5.41, 5.74) is 1.21. The van der Waals surface area contributed by atoms with E-state index in [1.807, 2.05) is 0 Å². The maximum atomic E-state index is 9.10. The van der Waals surface area contributed by atoms with Gasteiger partial charge >= 0.3 is 11.9 Å². The van der Waals surface area contributed by atoms with E-state index < -0.39 is 11.9 Å². The number of nitrogens with zero attached hydrogens (tertiary/aromatic N) is 2. The first-order valence-electron chi connectivity index (χ1n) is 11.0. The predicted molar refractivity (Wildman–Crippen MR) is 120 cm³/mol. The molecule has 2 unspecified atom stereocenters. The van der Waals surface area contributed by atoms with Crippen LogP contribution in [0.15, 0.2) is 12.1 Å². The molecule has 2 atom stereocenters. The fourth-order valence-corrected chi connectivity index (χ4v) is 4.58. The third-order valence-corrected chi connectivity index (χ3v) is 6.26. The van der Waals surface area contributed by atoms with Gasteiger partial charge < -0.3 is 24.4 Å². The van der Waals surface area contributed by atoms with Crippen LogP contribution < -0.4 is 14.2 Å². The number of ether oxygens (including phenoxy) is 3. The largest absolute Gasteiger partial charge is 0.493 e. The van der Waals surface area contributed by atoms with Gasteiger partial charge in [-0.3, -0.25) is 9.80 Å². The van der Waals surface area contributed by atoms with Crippen LogP contribution in [0.5, 0.6) is 17.2 Å². The van der Waals surface area contributed by atoms with Crippen molar-refractivity contribution in [1.29, 1.82) is 0 Å². The van der Waals surface area contributed by atoms with Crippen molar-refractivity contribution in [2.45, 2.75) is 45.2 Å². The standard InChI is InChI=1S/C21H34N2O3.C2H2O4/c1-16-7-5-6-8-18(16)23-11-9-22(10-12-23)15-17-13-19(24-2)21(26-4)20(14-17)25-3;3-1(4)2(5)6/h13-14,16,18H,5-12,15H2,1-4H3;(H,3,4)(H,5,6). The first kappa shape index (κ1) is 25.7. The number of carboxylic acid groups (broad SMARTS) is 2. The van der Waals surface area contributed by atoms with Gasteiger partial charge in [-0.2, -0.15) is 0 Å². The number of aliphatic carboxylic acids is 2. The maximum absolute atomic E-state index is 9.10. The molecule has 180 valence electrons. The molecule has 0 amide bonds. The van der Waals surface area contributed by atoms with Gasteiger partial charge in [0, 0.05) is 38.8 Å². The minimum absolute atomic E-state index is 0.662. The van der Waals surface area contributed by atoms with Crippen LogP contribution in [0.2, 0.25) is 0 Å². The molecule has 1 aliphatic heterocycles. The van der Waals surface area contributed by atoms with Crippen LogP contribution in [0.25, 0.3) is 0 Å². The van der Waals surface area contributed by atoms with E-state index in [9.17, 15) is 0 Å². The van der Waals surface area contributed by atoms with E-state index in [1.54, 1.807) is 21.3 Å². The number of carbonyl (C=O) groups is 2. The van der Waals surface area contributed by atoms with Gasteiger partial charge in [0.05, 0.1) is 21.3 Å². The number of hydrogen-bond donors (Lipinski definition) is 2. The van der Waals surface area contributed by atoms with Crippen LogP contribution in [-0.2, 0) is 16.1 Å². The molecule has 2 aliphatic rings. The third-order valence-electron chi connectivity index (χ3n) is 6.26. The van der Waals surface area contributed by atoms with Gasteiger partial charge in [0.15, 0.2) is 11.5 Å². The topological polar surface area (TPSA) is 109 Å². The molecule has 9 nitrogen and oxygen atoms in total. The Bertz CT molecular complexity index is 726. The highest BCUT2D eigenvalue weighted by atomic mass is 16.5. The van der Waals surface area contributed by atoms with Crippen molar-refractivity contribution in [2.24, 2.45) is 5.92 Å². The van der Waals surface area contributed by atoms with Crippen molar-refractivity contribution in [3.05, 3.63) is 17.7 Å². The Morgan fingerprint density at radius 2 is 1.44 bits per heavy atom. The quantitative estimate of drug-likeness (QED) is 0.630. The van der Waals surface area contributed by atoms with Gasteiger partial charge in [0.2, 0.25) is 5.75 Å². The fourth-order valence-electron chi connectivity index (χ4n) is 4.58. The molecule has 0 bridgehead atoms. The summed E-state index contributed by atoms with van der Waals surface area (Å²) in [6.07, 6.45) is 5.60. The lowest BCUT2D eigenvalue weighted by molar-refractivity contribution is -0.159. The van der Waals surface area contributed by atoms with Crippen LogP contribution in [0.4, 0.5) is 0 Å². The summed E-state index contributed by atoms with van der Waals surface area (Å²) in [4.78, 5) is 23.5. The summed E-state index contributed by atoms with van der Waals surface area (Å²) >= 11 is 0. The molecule has 0 aromatic heterocycles. The molecule has 1 heterocycles. The van der Waals surface area contributed by atoms with Gasteiger partial charge in [0.1, 0.15) is 0 Å². The van der Waals surface area contributed by atoms with Crippen LogP contribution in [0.1, 0.15) is 38.2 Å². The van der Waals surface area contributed by atoms with Crippen molar-refractivity contribution in [1.82, 2.24) is 9.80 Å². The zero-order valence-electron chi connectivity index (χ0n) is 19.5. The highest BCUT2D eigenvalue weighted by molar-refractivity contribution is 6.27. The van der Waals surface area contributed by atoms with Crippen LogP contribution in [0.3, 0.4) is 0 Å². The molecule has 1 saturated carbocycles. The van der Waals surface area contributed by atoms with E-state index >= 15 is 0 Å².